The lowest BCUT2D eigenvalue weighted by Gasteiger charge is -2.04. The van der Waals surface area contributed by atoms with Crippen molar-refractivity contribution in [3.63, 3.8) is 0 Å². The number of ether oxygens (including phenoxy) is 1. The van der Waals surface area contributed by atoms with Gasteiger partial charge in [0.1, 0.15) is 4.90 Å². The Morgan fingerprint density at radius 2 is 2.21 bits per heavy atom. The second-order valence-electron chi connectivity index (χ2n) is 4.18. The van der Waals surface area contributed by atoms with Crippen LogP contribution in [0.4, 0.5) is 0 Å². The van der Waals surface area contributed by atoms with Gasteiger partial charge in [0, 0.05) is 33.0 Å². The maximum Gasteiger partial charge on any atom is 0.243 e. The molecule has 0 fully saturated rings. The minimum Gasteiger partial charge on any atom is -0.385 e. The molecule has 3 N–H and O–H groups in total. The standard InChI is InChI=1S/C11H22N4O3S/c1-18-8-3-2-6-14-19(16,17)11-9-13-15(10-11)7-4-5-12/h9-10,14H,2-8,12H2,1H3. The highest BCUT2D eigenvalue weighted by Gasteiger charge is 2.15. The van der Waals surface area contributed by atoms with Gasteiger partial charge in [0.25, 0.3) is 0 Å². The van der Waals surface area contributed by atoms with Crippen molar-refractivity contribution < 1.29 is 13.2 Å². The van der Waals surface area contributed by atoms with Crippen LogP contribution in [0.1, 0.15) is 19.3 Å². The summed E-state index contributed by atoms with van der Waals surface area (Å²) in [4.78, 5) is 0.191. The van der Waals surface area contributed by atoms with Crippen LogP contribution < -0.4 is 10.5 Å². The van der Waals surface area contributed by atoms with Gasteiger partial charge in [-0.1, -0.05) is 0 Å². The molecule has 0 aliphatic rings. The average Bonchev–Trinajstić information content (AvgIpc) is 2.85. The van der Waals surface area contributed by atoms with E-state index in [-0.39, 0.29) is 4.90 Å². The molecule has 0 radical (unpaired) electrons. The Hall–Kier alpha value is -0.960. The fourth-order valence-corrected chi connectivity index (χ4v) is 2.55. The van der Waals surface area contributed by atoms with Crippen LogP contribution in [0.15, 0.2) is 17.3 Å². The zero-order chi connectivity index (χ0) is 14.1. The lowest BCUT2D eigenvalue weighted by atomic mass is 10.3. The second-order valence-corrected chi connectivity index (χ2v) is 5.95. The van der Waals surface area contributed by atoms with Crippen LogP contribution in [0.3, 0.4) is 0 Å². The van der Waals surface area contributed by atoms with Crippen LogP contribution in [-0.4, -0.2) is 45.0 Å². The first kappa shape index (κ1) is 16.1. The number of hydrogen-bond acceptors (Lipinski definition) is 5. The summed E-state index contributed by atoms with van der Waals surface area (Å²) in [6.45, 7) is 2.22. The molecule has 1 aromatic heterocycles. The van der Waals surface area contributed by atoms with E-state index in [0.717, 1.165) is 19.3 Å². The number of nitrogens with zero attached hydrogens (tertiary/aromatic N) is 2. The van der Waals surface area contributed by atoms with Gasteiger partial charge in [-0.2, -0.15) is 5.10 Å². The molecule has 0 saturated carbocycles. The largest absolute Gasteiger partial charge is 0.385 e. The summed E-state index contributed by atoms with van der Waals surface area (Å²) in [5.41, 5.74) is 5.39. The van der Waals surface area contributed by atoms with Gasteiger partial charge in [-0.3, -0.25) is 4.68 Å². The number of nitrogens with two attached hydrogens (primary N) is 1. The highest BCUT2D eigenvalue weighted by atomic mass is 32.2. The van der Waals surface area contributed by atoms with Gasteiger partial charge in [-0.05, 0) is 25.8 Å². The van der Waals surface area contributed by atoms with Crippen LogP contribution in [0, 0.1) is 0 Å². The van der Waals surface area contributed by atoms with Crippen molar-refractivity contribution in [3.8, 4) is 0 Å². The maximum absolute atomic E-state index is 11.9. The predicted molar refractivity (Wildman–Crippen MR) is 72.2 cm³/mol. The minimum atomic E-state index is -3.46. The molecule has 1 rings (SSSR count). The summed E-state index contributed by atoms with van der Waals surface area (Å²) in [6.07, 6.45) is 5.22. The number of methoxy groups -OCH3 is 1. The maximum atomic E-state index is 11.9. The molecule has 0 bridgehead atoms. The Morgan fingerprint density at radius 1 is 1.42 bits per heavy atom. The van der Waals surface area contributed by atoms with Crippen LogP contribution in [0.5, 0.6) is 0 Å². The van der Waals surface area contributed by atoms with Gasteiger partial charge in [-0.25, -0.2) is 13.1 Å². The van der Waals surface area contributed by atoms with E-state index in [1.165, 1.54) is 12.4 Å². The van der Waals surface area contributed by atoms with Crippen LogP contribution in [0.25, 0.3) is 0 Å². The number of aryl methyl sites for hydroxylation is 1. The van der Waals surface area contributed by atoms with E-state index in [4.69, 9.17) is 10.5 Å². The van der Waals surface area contributed by atoms with Crippen LogP contribution in [-0.2, 0) is 21.3 Å². The number of rotatable bonds is 10. The molecule has 0 amide bonds. The molecular formula is C11H22N4O3S. The van der Waals surface area contributed by atoms with E-state index in [1.807, 2.05) is 0 Å². The van der Waals surface area contributed by atoms with Crippen LogP contribution >= 0.6 is 0 Å². The molecule has 7 nitrogen and oxygen atoms in total. The lowest BCUT2D eigenvalue weighted by Crippen LogP contribution is -2.24. The van der Waals surface area contributed by atoms with Crippen molar-refractivity contribution in [1.82, 2.24) is 14.5 Å². The van der Waals surface area contributed by atoms with Crippen molar-refractivity contribution in [2.24, 2.45) is 5.73 Å². The summed E-state index contributed by atoms with van der Waals surface area (Å²) in [7, 11) is -1.83. The van der Waals surface area contributed by atoms with E-state index in [9.17, 15) is 8.42 Å². The summed E-state index contributed by atoms with van der Waals surface area (Å²) in [5, 5.41) is 4.00. The Morgan fingerprint density at radius 3 is 2.89 bits per heavy atom. The van der Waals surface area contributed by atoms with Gasteiger partial charge in [-0.15, -0.1) is 0 Å². The molecule has 0 unspecified atom stereocenters. The topological polar surface area (TPSA) is 99.2 Å². The normalized spacial score (nSPS) is 11.9. The zero-order valence-corrected chi connectivity index (χ0v) is 12.0. The quantitative estimate of drug-likeness (QED) is 0.588. The fraction of sp³-hybridized carbons (Fsp3) is 0.727. The van der Waals surface area contributed by atoms with Crippen molar-refractivity contribution in [2.45, 2.75) is 30.7 Å². The Bertz CT molecular complexity index is 458. The summed E-state index contributed by atoms with van der Waals surface area (Å²) < 4.78 is 32.9. The van der Waals surface area contributed by atoms with Gasteiger partial charge >= 0.3 is 0 Å². The molecule has 0 aliphatic carbocycles. The second kappa shape index (κ2) is 8.26. The summed E-state index contributed by atoms with van der Waals surface area (Å²) >= 11 is 0. The third kappa shape index (κ3) is 5.68. The molecule has 0 saturated heterocycles. The van der Waals surface area contributed by atoms with Crippen molar-refractivity contribution in [2.75, 3.05) is 26.8 Å². The van der Waals surface area contributed by atoms with E-state index in [0.29, 0.717) is 26.2 Å². The van der Waals surface area contributed by atoms with Gasteiger partial charge in [0.05, 0.1) is 6.20 Å². The molecule has 1 aromatic rings. The molecule has 0 aromatic carbocycles. The minimum absolute atomic E-state index is 0.191. The number of nitrogens with one attached hydrogen (secondary N) is 1. The summed E-state index contributed by atoms with van der Waals surface area (Å²) in [6, 6.07) is 0. The Kier molecular flexibility index (Phi) is 7.00. The van der Waals surface area contributed by atoms with Crippen molar-refractivity contribution in [1.29, 1.82) is 0 Å². The zero-order valence-electron chi connectivity index (χ0n) is 11.2. The third-order valence-corrected chi connectivity index (χ3v) is 3.99. The van der Waals surface area contributed by atoms with Gasteiger partial charge < -0.3 is 10.5 Å². The molecule has 1 heterocycles. The monoisotopic (exact) mass is 290 g/mol. The molecule has 0 aliphatic heterocycles. The average molecular weight is 290 g/mol. The van der Waals surface area contributed by atoms with E-state index < -0.39 is 10.0 Å². The number of sulfonamides is 1. The van der Waals surface area contributed by atoms with Crippen molar-refractivity contribution in [3.05, 3.63) is 12.4 Å². The number of aromatic nitrogens is 2. The first-order valence-corrected chi connectivity index (χ1v) is 7.79. The number of hydrogen-bond donors (Lipinski definition) is 2. The Labute approximate surface area is 114 Å². The van der Waals surface area contributed by atoms with Gasteiger partial charge in [0.15, 0.2) is 0 Å². The number of unbranched alkanes of at least 4 members (excludes halogenated alkanes) is 1. The van der Waals surface area contributed by atoms with E-state index >= 15 is 0 Å². The fourth-order valence-electron chi connectivity index (χ4n) is 1.52. The third-order valence-electron chi connectivity index (χ3n) is 2.58. The van der Waals surface area contributed by atoms with Gasteiger partial charge in [0.2, 0.25) is 10.0 Å². The smallest absolute Gasteiger partial charge is 0.243 e. The first-order valence-electron chi connectivity index (χ1n) is 6.31. The highest BCUT2D eigenvalue weighted by molar-refractivity contribution is 7.89. The van der Waals surface area contributed by atoms with Crippen LogP contribution in [0.2, 0.25) is 0 Å². The molecule has 19 heavy (non-hydrogen) atoms. The van der Waals surface area contributed by atoms with Crippen molar-refractivity contribution >= 4 is 10.0 Å². The first-order chi connectivity index (χ1) is 9.10. The van der Waals surface area contributed by atoms with E-state index in [2.05, 4.69) is 9.82 Å². The predicted octanol–water partition coefficient (Wildman–Crippen LogP) is -0.0632. The SMILES string of the molecule is COCCCCNS(=O)(=O)c1cnn(CCCN)c1. The highest BCUT2D eigenvalue weighted by Crippen LogP contribution is 2.07. The van der Waals surface area contributed by atoms with E-state index in [1.54, 1.807) is 11.8 Å². The molecule has 0 atom stereocenters. The molecule has 8 heteroatoms. The summed E-state index contributed by atoms with van der Waals surface area (Å²) in [5.74, 6) is 0. The lowest BCUT2D eigenvalue weighted by molar-refractivity contribution is 0.193. The molecule has 110 valence electrons. The Balaban J connectivity index is 2.45. The molecular weight excluding hydrogens is 268 g/mol. The molecule has 0 spiro atoms.